The summed E-state index contributed by atoms with van der Waals surface area (Å²) in [5.41, 5.74) is 0.00531. The van der Waals surface area contributed by atoms with Crippen LogP contribution in [0.2, 0.25) is 0 Å². The fourth-order valence-corrected chi connectivity index (χ4v) is 2.39. The van der Waals surface area contributed by atoms with Crippen LogP contribution in [-0.4, -0.2) is 26.3 Å². The molecule has 0 aliphatic carbocycles. The van der Waals surface area contributed by atoms with Gasteiger partial charge in [-0.3, -0.25) is 0 Å². The second kappa shape index (κ2) is 5.59. The topological polar surface area (TPSA) is 12.5 Å². The monoisotopic (exact) mass is 293 g/mol. The van der Waals surface area contributed by atoms with Crippen molar-refractivity contribution in [3.8, 4) is 0 Å². The number of likely N-dealkylation sites (N-methyl/N-ethyl adjacent to an activating group) is 1. The summed E-state index contributed by atoms with van der Waals surface area (Å²) in [4.78, 5) is 1.65. The van der Waals surface area contributed by atoms with E-state index in [4.69, 9.17) is 16.3 Å². The molecule has 1 aliphatic rings. The van der Waals surface area contributed by atoms with Gasteiger partial charge in [-0.1, -0.05) is 6.07 Å². The van der Waals surface area contributed by atoms with Crippen LogP contribution in [-0.2, 0) is 16.8 Å². The van der Waals surface area contributed by atoms with Gasteiger partial charge < -0.3 is 9.64 Å². The van der Waals surface area contributed by atoms with Gasteiger partial charge in [0.2, 0.25) is 0 Å². The van der Waals surface area contributed by atoms with Gasteiger partial charge >= 0.3 is 6.18 Å². The smallest absolute Gasteiger partial charge is 0.379 e. The molecule has 106 valence electrons. The van der Waals surface area contributed by atoms with Gasteiger partial charge in [0.05, 0.1) is 18.2 Å². The summed E-state index contributed by atoms with van der Waals surface area (Å²) in [5, 5.41) is 0. The summed E-state index contributed by atoms with van der Waals surface area (Å²) in [6.45, 7) is 1.06. The van der Waals surface area contributed by atoms with Gasteiger partial charge in [0.25, 0.3) is 0 Å². The Labute approximate surface area is 115 Å². The molecule has 1 fully saturated rings. The van der Waals surface area contributed by atoms with Gasteiger partial charge in [-0.15, -0.1) is 11.6 Å². The van der Waals surface area contributed by atoms with Crippen molar-refractivity contribution in [1.82, 2.24) is 0 Å². The molecule has 0 aromatic heterocycles. The van der Waals surface area contributed by atoms with Crippen molar-refractivity contribution in [2.45, 2.75) is 24.5 Å². The van der Waals surface area contributed by atoms with Crippen LogP contribution in [0.3, 0.4) is 0 Å². The number of benzene rings is 1. The number of halogens is 4. The fourth-order valence-electron chi connectivity index (χ4n) is 2.23. The average Bonchev–Trinajstić information content (AvgIpc) is 2.90. The first kappa shape index (κ1) is 14.5. The number of ether oxygens (including phenoxy) is 1. The molecule has 1 aliphatic heterocycles. The van der Waals surface area contributed by atoms with Crippen molar-refractivity contribution >= 4 is 17.3 Å². The highest BCUT2D eigenvalue weighted by Gasteiger charge is 2.36. The van der Waals surface area contributed by atoms with E-state index in [-0.39, 0.29) is 17.6 Å². The lowest BCUT2D eigenvalue weighted by atomic mass is 10.1. The third kappa shape index (κ3) is 3.15. The largest absolute Gasteiger partial charge is 0.418 e. The van der Waals surface area contributed by atoms with Gasteiger partial charge in [0.1, 0.15) is 0 Å². The molecule has 0 spiro atoms. The average molecular weight is 294 g/mol. The Morgan fingerprint density at radius 1 is 1.42 bits per heavy atom. The number of nitrogens with zero attached hydrogens (tertiary/aromatic N) is 1. The predicted molar refractivity (Wildman–Crippen MR) is 68.6 cm³/mol. The molecule has 0 bridgehead atoms. The highest BCUT2D eigenvalue weighted by molar-refractivity contribution is 6.17. The number of alkyl halides is 4. The van der Waals surface area contributed by atoms with Crippen molar-refractivity contribution in [2.24, 2.45) is 0 Å². The lowest BCUT2D eigenvalue weighted by molar-refractivity contribution is -0.137. The Kier molecular flexibility index (Phi) is 4.26. The van der Waals surface area contributed by atoms with Crippen LogP contribution in [0.5, 0.6) is 0 Å². The van der Waals surface area contributed by atoms with Gasteiger partial charge in [-0.25, -0.2) is 0 Å². The van der Waals surface area contributed by atoms with Crippen LogP contribution in [0, 0.1) is 0 Å². The maximum atomic E-state index is 13.1. The van der Waals surface area contributed by atoms with Crippen molar-refractivity contribution in [3.05, 3.63) is 29.3 Å². The molecule has 1 saturated heterocycles. The van der Waals surface area contributed by atoms with E-state index in [1.54, 1.807) is 18.0 Å². The molecule has 0 N–H and O–H groups in total. The molecule has 0 saturated carbocycles. The van der Waals surface area contributed by atoms with Crippen molar-refractivity contribution < 1.29 is 17.9 Å². The first-order chi connectivity index (χ1) is 8.93. The van der Waals surface area contributed by atoms with Crippen LogP contribution < -0.4 is 4.90 Å². The zero-order valence-electron chi connectivity index (χ0n) is 10.5. The lowest BCUT2D eigenvalue weighted by Gasteiger charge is -2.28. The number of anilines is 1. The summed E-state index contributed by atoms with van der Waals surface area (Å²) in [5.74, 6) is 0.0691. The summed E-state index contributed by atoms with van der Waals surface area (Å²) in [6, 6.07) is 4.22. The molecule has 2 rings (SSSR count). The van der Waals surface area contributed by atoms with Gasteiger partial charge in [0.15, 0.2) is 0 Å². The molecule has 1 heterocycles. The van der Waals surface area contributed by atoms with E-state index in [2.05, 4.69) is 0 Å². The Morgan fingerprint density at radius 2 is 2.16 bits per heavy atom. The molecule has 0 amide bonds. The molecule has 1 atom stereocenters. The van der Waals surface area contributed by atoms with Gasteiger partial charge in [0, 0.05) is 25.2 Å². The minimum atomic E-state index is -4.38. The maximum Gasteiger partial charge on any atom is 0.418 e. The summed E-state index contributed by atoms with van der Waals surface area (Å²) in [7, 11) is 1.67. The van der Waals surface area contributed by atoms with E-state index in [9.17, 15) is 13.2 Å². The van der Waals surface area contributed by atoms with Crippen LogP contribution in [0.4, 0.5) is 18.9 Å². The lowest BCUT2D eigenvalue weighted by Crippen LogP contribution is -2.33. The minimum absolute atomic E-state index is 0.0112. The quantitative estimate of drug-likeness (QED) is 0.789. The minimum Gasteiger partial charge on any atom is -0.379 e. The third-order valence-electron chi connectivity index (χ3n) is 3.35. The van der Waals surface area contributed by atoms with E-state index >= 15 is 0 Å². The third-order valence-corrected chi connectivity index (χ3v) is 3.66. The Morgan fingerprint density at radius 3 is 2.68 bits per heavy atom. The van der Waals surface area contributed by atoms with Crippen LogP contribution in [0.25, 0.3) is 0 Å². The molecule has 19 heavy (non-hydrogen) atoms. The molecule has 2 nitrogen and oxygen atoms in total. The molecular weight excluding hydrogens is 279 g/mol. The summed E-state index contributed by atoms with van der Waals surface area (Å²) < 4.78 is 44.6. The standard InChI is InChI=1S/C13H15ClF3NO/c1-18(10-4-5-19-8-10)12-3-2-9(7-14)6-11(12)13(15,16)17/h2-3,6,10H,4-5,7-8H2,1H3. The predicted octanol–water partition coefficient (Wildman–Crippen LogP) is 3.67. The van der Waals surface area contributed by atoms with Crippen LogP contribution >= 0.6 is 11.6 Å². The summed E-state index contributed by atoms with van der Waals surface area (Å²) in [6.07, 6.45) is -3.64. The highest BCUT2D eigenvalue weighted by atomic mass is 35.5. The fraction of sp³-hybridized carbons (Fsp3) is 0.538. The van der Waals surface area contributed by atoms with Gasteiger partial charge in [-0.2, -0.15) is 13.2 Å². The zero-order valence-corrected chi connectivity index (χ0v) is 11.3. The maximum absolute atomic E-state index is 13.1. The number of hydrogen-bond donors (Lipinski definition) is 0. The van der Waals surface area contributed by atoms with E-state index in [1.807, 2.05) is 0 Å². The van der Waals surface area contributed by atoms with E-state index < -0.39 is 11.7 Å². The highest BCUT2D eigenvalue weighted by Crippen LogP contribution is 2.38. The Hall–Kier alpha value is -0.940. The second-order valence-electron chi connectivity index (χ2n) is 4.61. The normalized spacial score (nSPS) is 19.7. The second-order valence-corrected chi connectivity index (χ2v) is 4.88. The van der Waals surface area contributed by atoms with Gasteiger partial charge in [-0.05, 0) is 24.1 Å². The SMILES string of the molecule is CN(c1ccc(CCl)cc1C(F)(F)F)C1CCOC1. The van der Waals surface area contributed by atoms with E-state index in [0.717, 1.165) is 12.5 Å². The van der Waals surface area contributed by atoms with Crippen molar-refractivity contribution in [3.63, 3.8) is 0 Å². The zero-order chi connectivity index (χ0) is 14.0. The van der Waals surface area contributed by atoms with Crippen molar-refractivity contribution in [2.75, 3.05) is 25.2 Å². The Bertz CT molecular complexity index is 444. The number of hydrogen-bond acceptors (Lipinski definition) is 2. The molecule has 1 aromatic carbocycles. The summed E-state index contributed by atoms with van der Waals surface area (Å²) >= 11 is 5.61. The van der Waals surface area contributed by atoms with E-state index in [1.165, 1.54) is 6.07 Å². The molecule has 0 radical (unpaired) electrons. The molecule has 6 heteroatoms. The van der Waals surface area contributed by atoms with Crippen LogP contribution in [0.15, 0.2) is 18.2 Å². The molecule has 1 unspecified atom stereocenters. The molecular formula is C13H15ClF3NO. The first-order valence-electron chi connectivity index (χ1n) is 6.00. The number of rotatable bonds is 3. The Balaban J connectivity index is 2.38. The van der Waals surface area contributed by atoms with Crippen molar-refractivity contribution in [1.29, 1.82) is 0 Å². The van der Waals surface area contributed by atoms with Crippen LogP contribution in [0.1, 0.15) is 17.5 Å². The first-order valence-corrected chi connectivity index (χ1v) is 6.53. The molecule has 1 aromatic rings. The van der Waals surface area contributed by atoms with E-state index in [0.29, 0.717) is 18.8 Å².